The smallest absolute Gasteiger partial charge is 0.288 e. The van der Waals surface area contributed by atoms with Gasteiger partial charge >= 0.3 is 6.18 Å². The van der Waals surface area contributed by atoms with Gasteiger partial charge in [0.25, 0.3) is 0 Å². The fourth-order valence-electron chi connectivity index (χ4n) is 2.81. The van der Waals surface area contributed by atoms with Crippen LogP contribution in [0.25, 0.3) is 0 Å². The first-order valence-electron chi connectivity index (χ1n) is 7.86. The van der Waals surface area contributed by atoms with Crippen molar-refractivity contribution < 1.29 is 18.0 Å². The predicted molar refractivity (Wildman–Crippen MR) is 82.6 cm³/mol. The number of carbonyl (C=O) groups is 1. The second-order valence-electron chi connectivity index (χ2n) is 6.72. The van der Waals surface area contributed by atoms with Crippen LogP contribution < -0.4 is 5.43 Å². The Morgan fingerprint density at radius 3 is 2.48 bits per heavy atom. The van der Waals surface area contributed by atoms with Gasteiger partial charge in [0, 0.05) is 6.54 Å². The molecule has 1 aromatic rings. The highest BCUT2D eigenvalue weighted by atomic mass is 19.4. The molecule has 2 rings (SSSR count). The average molecular weight is 328 g/mol. The summed E-state index contributed by atoms with van der Waals surface area (Å²) in [5, 5.41) is 1.05. The maximum Gasteiger partial charge on any atom is 0.405 e. The molecule has 1 aromatic carbocycles. The van der Waals surface area contributed by atoms with Crippen molar-refractivity contribution in [3.8, 4) is 0 Å². The number of amides is 1. The number of nitrogens with zero attached hydrogens (tertiary/aromatic N) is 1. The third-order valence-electron chi connectivity index (χ3n) is 4.29. The third-order valence-corrected chi connectivity index (χ3v) is 4.29. The van der Waals surface area contributed by atoms with Crippen LogP contribution in [0.4, 0.5) is 13.2 Å². The largest absolute Gasteiger partial charge is 0.405 e. The fraction of sp³-hybridized carbons (Fsp3) is 0.588. The van der Waals surface area contributed by atoms with Gasteiger partial charge in [-0.25, -0.2) is 5.01 Å². The SMILES string of the molecule is CCc1cccc(CC[C@H](N2CC(C)(C)C(=O)N2)C(F)(F)F)c1. The van der Waals surface area contributed by atoms with Gasteiger partial charge in [-0.15, -0.1) is 0 Å². The summed E-state index contributed by atoms with van der Waals surface area (Å²) in [7, 11) is 0. The van der Waals surface area contributed by atoms with Crippen molar-refractivity contribution in [1.82, 2.24) is 10.4 Å². The molecule has 1 aliphatic heterocycles. The van der Waals surface area contributed by atoms with Crippen LogP contribution in [-0.2, 0) is 17.6 Å². The molecule has 1 N–H and O–H groups in total. The van der Waals surface area contributed by atoms with E-state index in [1.165, 1.54) is 0 Å². The Balaban J connectivity index is 2.10. The van der Waals surface area contributed by atoms with Crippen molar-refractivity contribution in [2.45, 2.75) is 52.3 Å². The molecule has 1 amide bonds. The maximum absolute atomic E-state index is 13.4. The summed E-state index contributed by atoms with van der Waals surface area (Å²) in [6.07, 6.45) is -3.28. The highest BCUT2D eigenvalue weighted by molar-refractivity contribution is 5.83. The lowest BCUT2D eigenvalue weighted by molar-refractivity contribution is -0.190. The van der Waals surface area contributed by atoms with E-state index < -0.39 is 17.6 Å². The zero-order valence-corrected chi connectivity index (χ0v) is 13.7. The first-order valence-corrected chi connectivity index (χ1v) is 7.86. The quantitative estimate of drug-likeness (QED) is 0.897. The molecule has 1 atom stereocenters. The van der Waals surface area contributed by atoms with Gasteiger partial charge in [-0.05, 0) is 44.2 Å². The van der Waals surface area contributed by atoms with Gasteiger partial charge in [0.05, 0.1) is 5.41 Å². The van der Waals surface area contributed by atoms with E-state index in [1.807, 2.05) is 31.2 Å². The van der Waals surface area contributed by atoms with E-state index in [-0.39, 0.29) is 18.9 Å². The minimum absolute atomic E-state index is 0.0605. The van der Waals surface area contributed by atoms with Crippen LogP contribution in [-0.4, -0.2) is 29.7 Å². The monoisotopic (exact) mass is 328 g/mol. The molecule has 0 aromatic heterocycles. The second-order valence-corrected chi connectivity index (χ2v) is 6.72. The number of hydrazine groups is 1. The van der Waals surface area contributed by atoms with Crippen molar-refractivity contribution in [3.63, 3.8) is 0 Å². The second kappa shape index (κ2) is 6.51. The number of carbonyl (C=O) groups excluding carboxylic acids is 1. The first kappa shape index (κ1) is 17.8. The van der Waals surface area contributed by atoms with Crippen LogP contribution in [0.3, 0.4) is 0 Å². The van der Waals surface area contributed by atoms with Gasteiger partial charge in [0.2, 0.25) is 5.91 Å². The third kappa shape index (κ3) is 4.25. The lowest BCUT2D eigenvalue weighted by Gasteiger charge is -2.29. The Kier molecular flexibility index (Phi) is 5.04. The standard InChI is InChI=1S/C17H23F3N2O/c1-4-12-6-5-7-13(10-12)8-9-14(17(18,19)20)22-11-16(2,3)15(23)21-22/h5-7,10,14H,4,8-9,11H2,1-3H3,(H,21,23)/t14-/m0/s1. The summed E-state index contributed by atoms with van der Waals surface area (Å²) in [5.74, 6) is -0.361. The van der Waals surface area contributed by atoms with E-state index in [0.717, 1.165) is 22.6 Å². The van der Waals surface area contributed by atoms with E-state index in [0.29, 0.717) is 6.42 Å². The number of benzene rings is 1. The lowest BCUT2D eigenvalue weighted by Crippen LogP contribution is -2.50. The molecule has 1 saturated heterocycles. The normalized spacial score (nSPS) is 19.7. The molecule has 0 bridgehead atoms. The number of hydrogen-bond acceptors (Lipinski definition) is 2. The molecule has 0 unspecified atom stereocenters. The van der Waals surface area contributed by atoms with Crippen LogP contribution in [0, 0.1) is 5.41 Å². The Morgan fingerprint density at radius 1 is 1.30 bits per heavy atom. The molecule has 128 valence electrons. The van der Waals surface area contributed by atoms with Crippen LogP contribution in [0.5, 0.6) is 0 Å². The van der Waals surface area contributed by atoms with E-state index in [1.54, 1.807) is 13.8 Å². The molecule has 0 saturated carbocycles. The van der Waals surface area contributed by atoms with Crippen molar-refractivity contribution >= 4 is 5.91 Å². The maximum atomic E-state index is 13.4. The molecule has 1 heterocycles. The number of halogens is 3. The average Bonchev–Trinajstić information content (AvgIpc) is 2.71. The molecule has 1 aliphatic rings. The van der Waals surface area contributed by atoms with Gasteiger partial charge in [0.15, 0.2) is 0 Å². The molecular weight excluding hydrogens is 305 g/mol. The number of aryl methyl sites for hydroxylation is 2. The molecule has 0 radical (unpaired) electrons. The van der Waals surface area contributed by atoms with Crippen LogP contribution >= 0.6 is 0 Å². The van der Waals surface area contributed by atoms with E-state index in [4.69, 9.17) is 0 Å². The predicted octanol–water partition coefficient (Wildman–Crippen LogP) is 3.49. The topological polar surface area (TPSA) is 32.3 Å². The number of alkyl halides is 3. The van der Waals surface area contributed by atoms with E-state index >= 15 is 0 Å². The van der Waals surface area contributed by atoms with Crippen LogP contribution in [0.15, 0.2) is 24.3 Å². The Hall–Kier alpha value is -1.56. The number of hydrogen-bond donors (Lipinski definition) is 1. The number of nitrogens with one attached hydrogen (secondary N) is 1. The summed E-state index contributed by atoms with van der Waals surface area (Å²) in [6.45, 7) is 5.38. The Morgan fingerprint density at radius 2 is 1.96 bits per heavy atom. The van der Waals surface area contributed by atoms with Crippen LogP contribution in [0.2, 0.25) is 0 Å². The van der Waals surface area contributed by atoms with Crippen LogP contribution in [0.1, 0.15) is 38.3 Å². The minimum atomic E-state index is -4.38. The summed E-state index contributed by atoms with van der Waals surface area (Å²) in [5.41, 5.74) is 3.59. The van der Waals surface area contributed by atoms with Gasteiger partial charge in [-0.3, -0.25) is 10.2 Å². The van der Waals surface area contributed by atoms with Gasteiger partial charge < -0.3 is 0 Å². The molecule has 6 heteroatoms. The molecule has 23 heavy (non-hydrogen) atoms. The summed E-state index contributed by atoms with van der Waals surface area (Å²) < 4.78 is 40.2. The molecule has 0 spiro atoms. The van der Waals surface area contributed by atoms with Crippen molar-refractivity contribution in [3.05, 3.63) is 35.4 Å². The lowest BCUT2D eigenvalue weighted by atomic mass is 9.94. The summed E-state index contributed by atoms with van der Waals surface area (Å²) in [6, 6.07) is 5.96. The highest BCUT2D eigenvalue weighted by Crippen LogP contribution is 2.33. The Bertz CT molecular complexity index is 569. The van der Waals surface area contributed by atoms with E-state index in [9.17, 15) is 18.0 Å². The fourth-order valence-corrected chi connectivity index (χ4v) is 2.81. The highest BCUT2D eigenvalue weighted by Gasteiger charge is 2.49. The Labute approximate surface area is 134 Å². The molecular formula is C17H23F3N2O. The first-order chi connectivity index (χ1) is 10.6. The van der Waals surface area contributed by atoms with Crippen molar-refractivity contribution in [1.29, 1.82) is 0 Å². The zero-order valence-electron chi connectivity index (χ0n) is 13.7. The van der Waals surface area contributed by atoms with Gasteiger partial charge in [-0.1, -0.05) is 31.2 Å². The molecule has 3 nitrogen and oxygen atoms in total. The summed E-state index contributed by atoms with van der Waals surface area (Å²) in [4.78, 5) is 11.8. The van der Waals surface area contributed by atoms with E-state index in [2.05, 4.69) is 5.43 Å². The number of rotatable bonds is 5. The summed E-state index contributed by atoms with van der Waals surface area (Å²) >= 11 is 0. The van der Waals surface area contributed by atoms with Crippen molar-refractivity contribution in [2.75, 3.05) is 6.54 Å². The zero-order chi connectivity index (χ0) is 17.3. The minimum Gasteiger partial charge on any atom is -0.288 e. The molecule has 0 aliphatic carbocycles. The van der Waals surface area contributed by atoms with Gasteiger partial charge in [0.1, 0.15) is 6.04 Å². The van der Waals surface area contributed by atoms with Gasteiger partial charge in [-0.2, -0.15) is 13.2 Å². The van der Waals surface area contributed by atoms with Crippen molar-refractivity contribution in [2.24, 2.45) is 5.41 Å². The molecule has 1 fully saturated rings.